The van der Waals surface area contributed by atoms with Gasteiger partial charge in [0.05, 0.1) is 23.9 Å². The summed E-state index contributed by atoms with van der Waals surface area (Å²) < 4.78 is 24.2. The zero-order chi connectivity index (χ0) is 46.8. The molecule has 1 aliphatic rings. The number of anilines is 1. The number of aromatic hydroxyl groups is 1. The fourth-order valence-corrected chi connectivity index (χ4v) is 8.80. The van der Waals surface area contributed by atoms with Crippen LogP contribution in [0.5, 0.6) is 11.5 Å². The second-order valence-corrected chi connectivity index (χ2v) is 24.0. The van der Waals surface area contributed by atoms with Crippen LogP contribution in [-0.4, -0.2) is 61.5 Å². The van der Waals surface area contributed by atoms with Crippen LogP contribution in [0.2, 0.25) is 18.1 Å². The van der Waals surface area contributed by atoms with E-state index >= 15 is 0 Å². The molecule has 2 amide bonds. The zero-order valence-corrected chi connectivity index (χ0v) is 40.1. The predicted octanol–water partition coefficient (Wildman–Crippen LogP) is 11.6. The van der Waals surface area contributed by atoms with E-state index in [0.717, 1.165) is 39.0 Å². The number of alkyl carbamates (subject to hydrolysis) is 1. The number of ether oxygens (including phenoxy) is 3. The van der Waals surface area contributed by atoms with Crippen LogP contribution < -0.4 is 26.2 Å². The molecule has 0 spiro atoms. The van der Waals surface area contributed by atoms with Crippen molar-refractivity contribution in [2.75, 3.05) is 18.5 Å². The Morgan fingerprint density at radius 3 is 2.29 bits per heavy atom. The maximum absolute atomic E-state index is 13.1. The van der Waals surface area contributed by atoms with Crippen molar-refractivity contribution < 1.29 is 33.3 Å². The lowest BCUT2D eigenvalue weighted by molar-refractivity contribution is 0.0440. The van der Waals surface area contributed by atoms with Crippen molar-refractivity contribution in [3.63, 3.8) is 0 Å². The van der Waals surface area contributed by atoms with Crippen LogP contribution in [0.3, 0.4) is 0 Å². The van der Waals surface area contributed by atoms with E-state index in [1.807, 2.05) is 81.4 Å². The van der Waals surface area contributed by atoms with Gasteiger partial charge in [-0.1, -0.05) is 87.5 Å². The number of carbonyl (C=O) groups is 2. The van der Waals surface area contributed by atoms with Crippen molar-refractivity contribution in [2.45, 2.75) is 122 Å². The lowest BCUT2D eigenvalue weighted by Gasteiger charge is -2.39. The zero-order valence-electron chi connectivity index (χ0n) is 39.1. The number of phenolic OH excluding ortho intramolecular Hbond substituents is 1. The van der Waals surface area contributed by atoms with Crippen molar-refractivity contribution in [3.8, 4) is 22.6 Å². The number of hydrogen-bond donors (Lipinski definition) is 5. The summed E-state index contributed by atoms with van der Waals surface area (Å²) in [7, 11) is -2.20. The molecule has 1 fully saturated rings. The predicted molar refractivity (Wildman–Crippen MR) is 262 cm³/mol. The van der Waals surface area contributed by atoms with Gasteiger partial charge in [0.15, 0.2) is 8.32 Å². The molecule has 1 saturated carbocycles. The van der Waals surface area contributed by atoms with Gasteiger partial charge in [0.2, 0.25) is 5.56 Å². The number of hydrogen-bond acceptors (Lipinski definition) is 9. The van der Waals surface area contributed by atoms with Gasteiger partial charge in [0.25, 0.3) is 0 Å². The standard InChI is InChI=1S/C52H66N4O8Si/c1-51(2,3)63-50(60)54-38-20-24-40(25-21-38)62-49(59)55-44-28-19-35(32-43(44)37-15-10-9-11-16-37)14-12-13-31-61-39-22-17-36(18-23-39)33-53-34-46(64-65(7,8)52(4,5)6)41-26-29-45(57)48-42(41)27-30-47(58)56-48/h9-12,14-19,22-23,26-30,32,38,40,46,53,57H,13,20-21,24-25,31,33-34H2,1-8H3,(H,54,60)(H,55,59)(H,56,58)/b14-12+/t38-,40-,46-/m0/s1. The van der Waals surface area contributed by atoms with Gasteiger partial charge >= 0.3 is 12.2 Å². The number of rotatable bonds is 16. The van der Waals surface area contributed by atoms with Gasteiger partial charge in [0, 0.05) is 36.1 Å². The summed E-state index contributed by atoms with van der Waals surface area (Å²) in [5, 5.41) is 20.8. The maximum Gasteiger partial charge on any atom is 0.411 e. The minimum Gasteiger partial charge on any atom is -0.506 e. The number of benzene rings is 4. The minimum absolute atomic E-state index is 0.0117. The first-order valence-electron chi connectivity index (χ1n) is 22.6. The molecular weight excluding hydrogens is 837 g/mol. The van der Waals surface area contributed by atoms with Gasteiger partial charge in [-0.15, -0.1) is 0 Å². The Bertz CT molecular complexity index is 2470. The Hall–Kier alpha value is -5.89. The van der Waals surface area contributed by atoms with Crippen LogP contribution in [0.1, 0.15) is 96.4 Å². The molecule has 1 aliphatic carbocycles. The second kappa shape index (κ2) is 21.4. The molecule has 346 valence electrons. The normalized spacial score (nSPS) is 16.2. The van der Waals surface area contributed by atoms with Gasteiger partial charge in [-0.3, -0.25) is 10.1 Å². The Morgan fingerprint density at radius 1 is 0.877 bits per heavy atom. The summed E-state index contributed by atoms with van der Waals surface area (Å²) in [6.45, 7) is 18.2. The third-order valence-corrected chi connectivity index (χ3v) is 16.5. The highest BCUT2D eigenvalue weighted by Gasteiger charge is 2.40. The Morgan fingerprint density at radius 2 is 1.60 bits per heavy atom. The first kappa shape index (κ1) is 48.6. The molecule has 5 N–H and O–H groups in total. The number of amides is 2. The molecule has 4 aromatic carbocycles. The average Bonchev–Trinajstić information content (AvgIpc) is 3.24. The van der Waals surface area contributed by atoms with Gasteiger partial charge in [-0.05, 0) is 130 Å². The van der Waals surface area contributed by atoms with Crippen LogP contribution in [0.25, 0.3) is 28.1 Å². The number of fused-ring (bicyclic) bond motifs is 1. The van der Waals surface area contributed by atoms with Crippen molar-refractivity contribution in [1.29, 1.82) is 0 Å². The van der Waals surface area contributed by atoms with Crippen LogP contribution in [0, 0.1) is 0 Å². The molecule has 13 heteroatoms. The van der Waals surface area contributed by atoms with E-state index < -0.39 is 26.1 Å². The first-order valence-corrected chi connectivity index (χ1v) is 25.5. The van der Waals surface area contributed by atoms with Crippen molar-refractivity contribution in [3.05, 3.63) is 130 Å². The molecule has 0 radical (unpaired) electrons. The van der Waals surface area contributed by atoms with Crippen LogP contribution in [0.4, 0.5) is 15.3 Å². The van der Waals surface area contributed by atoms with Crippen molar-refractivity contribution in [2.24, 2.45) is 0 Å². The molecule has 1 aromatic heterocycles. The second-order valence-electron chi connectivity index (χ2n) is 19.3. The summed E-state index contributed by atoms with van der Waals surface area (Å²) >= 11 is 0. The monoisotopic (exact) mass is 902 g/mol. The molecule has 6 rings (SSSR count). The van der Waals surface area contributed by atoms with Crippen LogP contribution in [0.15, 0.2) is 108 Å². The first-order chi connectivity index (χ1) is 30.8. The SMILES string of the molecule is CC(C)(C)OC(=O)N[C@H]1CC[C@H](OC(=O)Nc2ccc(/C=C/CCOc3ccc(CNC[C@H](O[Si](C)(C)C(C)(C)C)c4ccc(O)c5[nH]c(=O)ccc45)cc3)cc2-c2ccccc2)CC1. The summed E-state index contributed by atoms with van der Waals surface area (Å²) in [4.78, 5) is 40.2. The van der Waals surface area contributed by atoms with E-state index in [9.17, 15) is 19.5 Å². The number of nitrogens with one attached hydrogen (secondary N) is 4. The summed E-state index contributed by atoms with van der Waals surface area (Å²) in [5.41, 5.74) is 5.09. The molecular formula is C52H66N4O8Si. The summed E-state index contributed by atoms with van der Waals surface area (Å²) in [6.07, 6.45) is 6.07. The lowest BCUT2D eigenvalue weighted by atomic mass is 9.93. The van der Waals surface area contributed by atoms with E-state index in [1.165, 1.54) is 6.07 Å². The molecule has 1 atom stereocenters. The molecule has 5 aromatic rings. The highest BCUT2D eigenvalue weighted by Crippen LogP contribution is 2.41. The molecule has 0 bridgehead atoms. The molecule has 12 nitrogen and oxygen atoms in total. The Balaban J connectivity index is 0.993. The van der Waals surface area contributed by atoms with Crippen LogP contribution >= 0.6 is 0 Å². The summed E-state index contributed by atoms with van der Waals surface area (Å²) in [5.74, 6) is 0.811. The molecule has 0 saturated heterocycles. The van der Waals surface area contributed by atoms with E-state index in [1.54, 1.807) is 12.1 Å². The van der Waals surface area contributed by atoms with Gasteiger partial charge in [0.1, 0.15) is 23.2 Å². The lowest BCUT2D eigenvalue weighted by Crippen LogP contribution is -2.43. The van der Waals surface area contributed by atoms with Crippen molar-refractivity contribution in [1.82, 2.24) is 15.6 Å². The number of pyridine rings is 1. The van der Waals surface area contributed by atoms with E-state index in [4.69, 9.17) is 18.6 Å². The number of aromatic amines is 1. The van der Waals surface area contributed by atoms with Crippen molar-refractivity contribution >= 4 is 43.2 Å². The fourth-order valence-electron chi connectivity index (χ4n) is 7.52. The average molecular weight is 903 g/mol. The van der Waals surface area contributed by atoms with Gasteiger partial charge in [-0.2, -0.15) is 0 Å². The topological polar surface area (TPSA) is 160 Å². The highest BCUT2D eigenvalue weighted by molar-refractivity contribution is 6.74. The van der Waals surface area contributed by atoms with Gasteiger partial charge in [-0.25, -0.2) is 9.59 Å². The Kier molecular flexibility index (Phi) is 16.0. The number of phenols is 1. The molecule has 0 unspecified atom stereocenters. The largest absolute Gasteiger partial charge is 0.506 e. The number of aromatic nitrogens is 1. The smallest absolute Gasteiger partial charge is 0.411 e. The van der Waals surface area contributed by atoms with E-state index in [0.29, 0.717) is 63.0 Å². The maximum atomic E-state index is 13.1. The molecule has 0 aliphatic heterocycles. The highest BCUT2D eigenvalue weighted by atomic mass is 28.4. The minimum atomic E-state index is -2.20. The number of carbonyl (C=O) groups excluding carboxylic acids is 2. The number of H-pyrrole nitrogens is 1. The quantitative estimate of drug-likeness (QED) is 0.0480. The van der Waals surface area contributed by atoms with E-state index in [-0.39, 0.29) is 34.6 Å². The third kappa shape index (κ3) is 14.0. The summed E-state index contributed by atoms with van der Waals surface area (Å²) in [6, 6.07) is 30.6. The fraction of sp³-hybridized carbons (Fsp3) is 0.404. The Labute approximate surface area is 384 Å². The van der Waals surface area contributed by atoms with E-state index in [2.05, 4.69) is 85.2 Å². The van der Waals surface area contributed by atoms with Crippen LogP contribution in [-0.2, 0) is 20.4 Å². The molecule has 65 heavy (non-hydrogen) atoms. The third-order valence-electron chi connectivity index (χ3n) is 12.0. The van der Waals surface area contributed by atoms with Gasteiger partial charge < -0.3 is 39.4 Å². The molecule has 1 heterocycles.